The number of amides is 1. The number of nitrogens with two attached hydrogens (primary N) is 1. The lowest BCUT2D eigenvalue weighted by atomic mass is 9.91. The number of primary amides is 1. The van der Waals surface area contributed by atoms with Gasteiger partial charge in [0, 0.05) is 0 Å². The van der Waals surface area contributed by atoms with Crippen molar-refractivity contribution in [3.05, 3.63) is 68.7 Å². The standard InChI is InChI=1S/C15H12Cl3NO/c16-12-7-6-10(13(17)14(12)18)11(15(19)20)8-9-4-2-1-3-5-9/h1-7,11H,8H2,(H2,19,20). The van der Waals surface area contributed by atoms with Crippen LogP contribution >= 0.6 is 34.8 Å². The quantitative estimate of drug-likeness (QED) is 0.827. The molecule has 2 rings (SSSR count). The molecule has 1 unspecified atom stereocenters. The Morgan fingerprint density at radius 2 is 1.65 bits per heavy atom. The summed E-state index contributed by atoms with van der Waals surface area (Å²) >= 11 is 18.1. The first-order valence-electron chi connectivity index (χ1n) is 5.97. The summed E-state index contributed by atoms with van der Waals surface area (Å²) in [7, 11) is 0. The smallest absolute Gasteiger partial charge is 0.225 e. The van der Waals surface area contributed by atoms with Gasteiger partial charge in [0.05, 0.1) is 21.0 Å². The van der Waals surface area contributed by atoms with E-state index in [9.17, 15) is 4.79 Å². The molecule has 2 N–H and O–H groups in total. The molecule has 0 fully saturated rings. The van der Waals surface area contributed by atoms with Crippen LogP contribution in [0.4, 0.5) is 0 Å². The number of benzene rings is 2. The minimum Gasteiger partial charge on any atom is -0.369 e. The predicted octanol–water partition coefficient (Wildman–Crippen LogP) is 4.46. The molecule has 2 aromatic carbocycles. The zero-order valence-corrected chi connectivity index (χ0v) is 12.7. The Morgan fingerprint density at radius 3 is 2.25 bits per heavy atom. The number of hydrogen-bond donors (Lipinski definition) is 1. The van der Waals surface area contributed by atoms with Crippen molar-refractivity contribution in [3.63, 3.8) is 0 Å². The molecule has 0 aliphatic rings. The van der Waals surface area contributed by atoms with Crippen molar-refractivity contribution in [1.82, 2.24) is 0 Å². The van der Waals surface area contributed by atoms with E-state index in [1.807, 2.05) is 30.3 Å². The minimum absolute atomic E-state index is 0.241. The zero-order chi connectivity index (χ0) is 14.7. The molecule has 0 radical (unpaired) electrons. The summed E-state index contributed by atoms with van der Waals surface area (Å²) < 4.78 is 0. The predicted molar refractivity (Wildman–Crippen MR) is 83.6 cm³/mol. The van der Waals surface area contributed by atoms with Gasteiger partial charge in [-0.15, -0.1) is 0 Å². The highest BCUT2D eigenvalue weighted by Gasteiger charge is 2.23. The third-order valence-corrected chi connectivity index (χ3v) is 4.37. The van der Waals surface area contributed by atoms with Crippen molar-refractivity contribution in [1.29, 1.82) is 0 Å². The Hall–Kier alpha value is -1.22. The molecule has 0 heterocycles. The van der Waals surface area contributed by atoms with E-state index in [1.165, 1.54) is 0 Å². The number of rotatable bonds is 4. The molecule has 20 heavy (non-hydrogen) atoms. The summed E-state index contributed by atoms with van der Waals surface area (Å²) in [5.74, 6) is -0.992. The van der Waals surface area contributed by atoms with E-state index in [1.54, 1.807) is 12.1 Å². The molecule has 0 spiro atoms. The molecule has 0 aromatic heterocycles. The Kier molecular flexibility index (Phi) is 4.92. The van der Waals surface area contributed by atoms with Gasteiger partial charge >= 0.3 is 0 Å². The molecule has 2 nitrogen and oxygen atoms in total. The van der Waals surface area contributed by atoms with Gasteiger partial charge in [0.25, 0.3) is 0 Å². The van der Waals surface area contributed by atoms with Crippen LogP contribution in [0.25, 0.3) is 0 Å². The second-order valence-corrected chi connectivity index (χ2v) is 5.57. The fourth-order valence-corrected chi connectivity index (χ4v) is 2.70. The van der Waals surface area contributed by atoms with E-state index < -0.39 is 11.8 Å². The first kappa shape index (κ1) is 15.2. The summed E-state index contributed by atoms with van der Waals surface area (Å²) in [5.41, 5.74) is 7.09. The lowest BCUT2D eigenvalue weighted by Gasteiger charge is -2.16. The Morgan fingerprint density at radius 1 is 1.00 bits per heavy atom. The highest BCUT2D eigenvalue weighted by molar-refractivity contribution is 6.48. The van der Waals surface area contributed by atoms with Crippen molar-refractivity contribution >= 4 is 40.7 Å². The van der Waals surface area contributed by atoms with Gasteiger partial charge in [-0.3, -0.25) is 4.79 Å². The zero-order valence-electron chi connectivity index (χ0n) is 10.4. The topological polar surface area (TPSA) is 43.1 Å². The monoisotopic (exact) mass is 327 g/mol. The summed E-state index contributed by atoms with van der Waals surface area (Å²) in [4.78, 5) is 11.7. The van der Waals surface area contributed by atoms with Crippen LogP contribution in [0.15, 0.2) is 42.5 Å². The van der Waals surface area contributed by atoms with Gasteiger partial charge in [-0.2, -0.15) is 0 Å². The van der Waals surface area contributed by atoms with Gasteiger partial charge in [-0.25, -0.2) is 0 Å². The van der Waals surface area contributed by atoms with Gasteiger partial charge < -0.3 is 5.73 Å². The van der Waals surface area contributed by atoms with Gasteiger partial charge in [-0.1, -0.05) is 71.2 Å². The van der Waals surface area contributed by atoms with Crippen molar-refractivity contribution in [2.24, 2.45) is 5.73 Å². The summed E-state index contributed by atoms with van der Waals surface area (Å²) in [6, 6.07) is 12.9. The van der Waals surface area contributed by atoms with Crippen LogP contribution in [0.5, 0.6) is 0 Å². The molecule has 2 aromatic rings. The number of halogens is 3. The fraction of sp³-hybridized carbons (Fsp3) is 0.133. The summed E-state index contributed by atoms with van der Waals surface area (Å²) in [6.45, 7) is 0. The third-order valence-electron chi connectivity index (χ3n) is 3.07. The highest BCUT2D eigenvalue weighted by atomic mass is 35.5. The molecule has 0 bridgehead atoms. The minimum atomic E-state index is -0.542. The normalized spacial score (nSPS) is 12.2. The molecule has 5 heteroatoms. The average molecular weight is 329 g/mol. The van der Waals surface area contributed by atoms with Crippen LogP contribution in [-0.4, -0.2) is 5.91 Å². The van der Waals surface area contributed by atoms with E-state index in [2.05, 4.69) is 0 Å². The Labute approximate surface area is 132 Å². The molecule has 0 aliphatic heterocycles. The van der Waals surface area contributed by atoms with Gasteiger partial charge in [0.2, 0.25) is 5.91 Å². The largest absolute Gasteiger partial charge is 0.369 e. The van der Waals surface area contributed by atoms with Crippen molar-refractivity contribution < 1.29 is 4.79 Å². The highest BCUT2D eigenvalue weighted by Crippen LogP contribution is 2.37. The van der Waals surface area contributed by atoms with E-state index in [0.29, 0.717) is 17.0 Å². The number of hydrogen-bond acceptors (Lipinski definition) is 1. The van der Waals surface area contributed by atoms with Gasteiger partial charge in [-0.05, 0) is 23.6 Å². The van der Waals surface area contributed by atoms with E-state index in [0.717, 1.165) is 5.56 Å². The van der Waals surface area contributed by atoms with Crippen molar-refractivity contribution in [2.45, 2.75) is 12.3 Å². The van der Waals surface area contributed by atoms with Crippen LogP contribution in [0, 0.1) is 0 Å². The molecule has 0 aliphatic carbocycles. The van der Waals surface area contributed by atoms with Crippen LogP contribution in [0.3, 0.4) is 0 Å². The summed E-state index contributed by atoms with van der Waals surface area (Å²) in [6.07, 6.45) is 0.466. The van der Waals surface area contributed by atoms with Crippen LogP contribution < -0.4 is 5.73 Å². The maximum absolute atomic E-state index is 11.7. The van der Waals surface area contributed by atoms with Gasteiger partial charge in [0.15, 0.2) is 0 Å². The first-order chi connectivity index (χ1) is 9.50. The lowest BCUT2D eigenvalue weighted by molar-refractivity contribution is -0.119. The SMILES string of the molecule is NC(=O)C(Cc1ccccc1)c1ccc(Cl)c(Cl)c1Cl. The Bertz CT molecular complexity index is 629. The fourth-order valence-electron chi connectivity index (χ4n) is 2.02. The lowest BCUT2D eigenvalue weighted by Crippen LogP contribution is -2.23. The molecular weight excluding hydrogens is 317 g/mol. The molecular formula is C15H12Cl3NO. The second kappa shape index (κ2) is 6.49. The van der Waals surface area contributed by atoms with E-state index in [-0.39, 0.29) is 10.0 Å². The van der Waals surface area contributed by atoms with Crippen molar-refractivity contribution in [2.75, 3.05) is 0 Å². The maximum atomic E-state index is 11.7. The van der Waals surface area contributed by atoms with E-state index in [4.69, 9.17) is 40.5 Å². The second-order valence-electron chi connectivity index (χ2n) is 4.41. The molecule has 1 amide bonds. The molecule has 0 saturated carbocycles. The molecule has 0 saturated heterocycles. The average Bonchev–Trinajstić information content (AvgIpc) is 2.44. The number of carbonyl (C=O) groups excluding carboxylic acids is 1. The van der Waals surface area contributed by atoms with Crippen LogP contribution in [0.2, 0.25) is 15.1 Å². The van der Waals surface area contributed by atoms with Crippen LogP contribution in [-0.2, 0) is 11.2 Å². The Balaban J connectivity index is 2.40. The summed E-state index contributed by atoms with van der Waals surface area (Å²) in [5, 5.41) is 0.868. The van der Waals surface area contributed by atoms with Crippen LogP contribution in [0.1, 0.15) is 17.0 Å². The van der Waals surface area contributed by atoms with Crippen molar-refractivity contribution in [3.8, 4) is 0 Å². The van der Waals surface area contributed by atoms with E-state index >= 15 is 0 Å². The molecule has 104 valence electrons. The first-order valence-corrected chi connectivity index (χ1v) is 7.10. The third kappa shape index (κ3) is 3.26. The molecule has 1 atom stereocenters. The maximum Gasteiger partial charge on any atom is 0.225 e. The van der Waals surface area contributed by atoms with Gasteiger partial charge in [0.1, 0.15) is 0 Å². The number of carbonyl (C=O) groups is 1.